The van der Waals surface area contributed by atoms with Gasteiger partial charge in [-0.15, -0.1) is 0 Å². The molecule has 7 heteroatoms. The fourth-order valence-electron chi connectivity index (χ4n) is 1.18. The molecule has 1 aromatic rings. The molecule has 0 amide bonds. The molecule has 1 aromatic carbocycles. The van der Waals surface area contributed by atoms with E-state index >= 15 is 0 Å². The zero-order valence-electron chi connectivity index (χ0n) is 9.27. The fraction of sp³-hybridized carbons (Fsp3) is 0.300. The SMILES string of the molecule is Cc1cc(F)cc(NS(=O)(=O)C(C)C(=O)O)c1. The van der Waals surface area contributed by atoms with Crippen LogP contribution >= 0.6 is 0 Å². The van der Waals surface area contributed by atoms with Gasteiger partial charge in [0, 0.05) is 0 Å². The quantitative estimate of drug-likeness (QED) is 0.857. The standard InChI is InChI=1S/C10H12FNO4S/c1-6-3-8(11)5-9(4-6)12-17(15,16)7(2)10(13)14/h3-5,7,12H,1-2H3,(H,13,14). The molecule has 0 saturated carbocycles. The van der Waals surface area contributed by atoms with E-state index in [9.17, 15) is 17.6 Å². The first-order valence-corrected chi connectivity index (χ1v) is 6.28. The minimum absolute atomic E-state index is 0.00981. The van der Waals surface area contributed by atoms with E-state index in [4.69, 9.17) is 5.11 Å². The van der Waals surface area contributed by atoms with Crippen molar-refractivity contribution in [3.8, 4) is 0 Å². The van der Waals surface area contributed by atoms with Crippen LogP contribution < -0.4 is 4.72 Å². The molecule has 0 aliphatic heterocycles. The molecule has 0 bridgehead atoms. The van der Waals surface area contributed by atoms with E-state index < -0.39 is 27.1 Å². The average molecular weight is 261 g/mol. The molecule has 0 fully saturated rings. The molecule has 17 heavy (non-hydrogen) atoms. The first-order chi connectivity index (χ1) is 7.72. The number of aryl methyl sites for hydroxylation is 1. The number of nitrogens with one attached hydrogen (secondary N) is 1. The smallest absolute Gasteiger partial charge is 0.323 e. The topological polar surface area (TPSA) is 83.5 Å². The van der Waals surface area contributed by atoms with E-state index in [0.29, 0.717) is 5.56 Å². The molecule has 1 unspecified atom stereocenters. The summed E-state index contributed by atoms with van der Waals surface area (Å²) in [6.45, 7) is 2.64. The lowest BCUT2D eigenvalue weighted by Gasteiger charge is -2.11. The van der Waals surface area contributed by atoms with Crippen LogP contribution in [0.2, 0.25) is 0 Å². The third-order valence-electron chi connectivity index (χ3n) is 2.12. The van der Waals surface area contributed by atoms with E-state index in [0.717, 1.165) is 13.0 Å². The highest BCUT2D eigenvalue weighted by atomic mass is 32.2. The minimum atomic E-state index is -4.06. The monoisotopic (exact) mass is 261 g/mol. The highest BCUT2D eigenvalue weighted by Gasteiger charge is 2.27. The molecule has 1 atom stereocenters. The van der Waals surface area contributed by atoms with Crippen molar-refractivity contribution in [2.45, 2.75) is 19.1 Å². The second-order valence-electron chi connectivity index (χ2n) is 3.64. The number of rotatable bonds is 4. The predicted molar refractivity (Wildman–Crippen MR) is 60.8 cm³/mol. The van der Waals surface area contributed by atoms with Gasteiger partial charge in [0.1, 0.15) is 5.82 Å². The summed E-state index contributed by atoms with van der Waals surface area (Å²) in [6, 6.07) is 3.63. The maximum atomic E-state index is 13.0. The van der Waals surface area contributed by atoms with Crippen LogP contribution in [-0.4, -0.2) is 24.7 Å². The van der Waals surface area contributed by atoms with Crippen LogP contribution in [-0.2, 0) is 14.8 Å². The predicted octanol–water partition coefficient (Wildman–Crippen LogP) is 1.35. The van der Waals surface area contributed by atoms with Crippen LogP contribution in [0.1, 0.15) is 12.5 Å². The van der Waals surface area contributed by atoms with Crippen LogP contribution in [0.25, 0.3) is 0 Å². The van der Waals surface area contributed by atoms with Crippen molar-refractivity contribution < 1.29 is 22.7 Å². The number of benzene rings is 1. The maximum absolute atomic E-state index is 13.0. The number of carbonyl (C=O) groups is 1. The van der Waals surface area contributed by atoms with Crippen molar-refractivity contribution in [3.63, 3.8) is 0 Å². The Morgan fingerprint density at radius 1 is 1.41 bits per heavy atom. The highest BCUT2D eigenvalue weighted by Crippen LogP contribution is 2.16. The van der Waals surface area contributed by atoms with Crippen molar-refractivity contribution in [2.75, 3.05) is 4.72 Å². The second kappa shape index (κ2) is 4.70. The Labute approximate surface area is 98.3 Å². The van der Waals surface area contributed by atoms with Crippen molar-refractivity contribution in [1.29, 1.82) is 0 Å². The fourth-order valence-corrected chi connectivity index (χ4v) is 2.07. The van der Waals surface area contributed by atoms with Crippen LogP contribution in [0.3, 0.4) is 0 Å². The van der Waals surface area contributed by atoms with Crippen molar-refractivity contribution in [3.05, 3.63) is 29.6 Å². The Balaban J connectivity index is 3.02. The summed E-state index contributed by atoms with van der Waals surface area (Å²) in [5.41, 5.74) is 0.543. The first-order valence-electron chi connectivity index (χ1n) is 4.74. The molecule has 0 saturated heterocycles. The second-order valence-corrected chi connectivity index (χ2v) is 5.65. The van der Waals surface area contributed by atoms with E-state index in [-0.39, 0.29) is 5.69 Å². The lowest BCUT2D eigenvalue weighted by atomic mass is 10.2. The van der Waals surface area contributed by atoms with Crippen LogP contribution in [0.5, 0.6) is 0 Å². The lowest BCUT2D eigenvalue weighted by molar-refractivity contribution is -0.136. The molecule has 1 rings (SSSR count). The van der Waals surface area contributed by atoms with E-state index in [2.05, 4.69) is 0 Å². The van der Waals surface area contributed by atoms with Crippen molar-refractivity contribution in [2.24, 2.45) is 0 Å². The molecule has 0 aliphatic rings. The molecule has 2 N–H and O–H groups in total. The third-order valence-corrected chi connectivity index (χ3v) is 3.77. The number of hydrogen-bond acceptors (Lipinski definition) is 3. The molecule has 0 heterocycles. The van der Waals surface area contributed by atoms with E-state index in [1.807, 2.05) is 4.72 Å². The minimum Gasteiger partial charge on any atom is -0.480 e. The summed E-state index contributed by atoms with van der Waals surface area (Å²) in [5.74, 6) is -2.06. The zero-order chi connectivity index (χ0) is 13.2. The van der Waals surface area contributed by atoms with Crippen LogP contribution in [0.15, 0.2) is 18.2 Å². The Morgan fingerprint density at radius 3 is 2.47 bits per heavy atom. The number of carboxylic acid groups (broad SMARTS) is 1. The summed E-state index contributed by atoms with van der Waals surface area (Å²) in [7, 11) is -4.06. The molecule has 0 spiro atoms. The number of anilines is 1. The van der Waals surface area contributed by atoms with Gasteiger partial charge in [-0.25, -0.2) is 12.8 Å². The van der Waals surface area contributed by atoms with Crippen molar-refractivity contribution in [1.82, 2.24) is 0 Å². The zero-order valence-corrected chi connectivity index (χ0v) is 10.1. The van der Waals surface area contributed by atoms with Crippen LogP contribution in [0, 0.1) is 12.7 Å². The summed E-state index contributed by atoms with van der Waals surface area (Å²) in [5, 5.41) is 7.01. The number of sulfonamides is 1. The molecule has 5 nitrogen and oxygen atoms in total. The Morgan fingerprint density at radius 2 is 2.00 bits per heavy atom. The molecule has 0 aliphatic carbocycles. The van der Waals surface area contributed by atoms with Crippen molar-refractivity contribution >= 4 is 21.7 Å². The van der Waals surface area contributed by atoms with Gasteiger partial charge in [0.25, 0.3) is 0 Å². The van der Waals surface area contributed by atoms with Gasteiger partial charge in [-0.1, -0.05) is 0 Å². The third kappa shape index (κ3) is 3.42. The normalized spacial score (nSPS) is 13.1. The van der Waals surface area contributed by atoms with E-state index in [1.165, 1.54) is 12.1 Å². The van der Waals surface area contributed by atoms with E-state index in [1.54, 1.807) is 6.92 Å². The summed E-state index contributed by atoms with van der Waals surface area (Å²) >= 11 is 0. The number of carboxylic acids is 1. The van der Waals surface area contributed by atoms with Crippen LogP contribution in [0.4, 0.5) is 10.1 Å². The largest absolute Gasteiger partial charge is 0.480 e. The Bertz CT molecular complexity index is 521. The number of hydrogen-bond donors (Lipinski definition) is 2. The number of aliphatic carboxylic acids is 1. The molecular weight excluding hydrogens is 249 g/mol. The van der Waals surface area contributed by atoms with Gasteiger partial charge in [0.2, 0.25) is 10.0 Å². The first kappa shape index (κ1) is 13.4. The highest BCUT2D eigenvalue weighted by molar-refractivity contribution is 7.94. The van der Waals surface area contributed by atoms with Gasteiger partial charge in [-0.2, -0.15) is 0 Å². The van der Waals surface area contributed by atoms with Gasteiger partial charge in [-0.3, -0.25) is 9.52 Å². The summed E-state index contributed by atoms with van der Waals surface area (Å²) in [6.07, 6.45) is 0. The Kier molecular flexibility index (Phi) is 3.72. The molecule has 0 aromatic heterocycles. The average Bonchev–Trinajstić information content (AvgIpc) is 2.13. The maximum Gasteiger partial charge on any atom is 0.323 e. The number of halogens is 1. The van der Waals surface area contributed by atoms with Gasteiger partial charge in [0.05, 0.1) is 5.69 Å². The molecular formula is C10H12FNO4S. The summed E-state index contributed by atoms with van der Waals surface area (Å²) < 4.78 is 38.1. The lowest BCUT2D eigenvalue weighted by Crippen LogP contribution is -2.32. The molecule has 94 valence electrons. The van der Waals surface area contributed by atoms with Gasteiger partial charge >= 0.3 is 5.97 Å². The Hall–Kier alpha value is -1.63. The van der Waals surface area contributed by atoms with Gasteiger partial charge in [-0.05, 0) is 37.6 Å². The molecule has 0 radical (unpaired) electrons. The van der Waals surface area contributed by atoms with Gasteiger partial charge in [0.15, 0.2) is 5.25 Å². The van der Waals surface area contributed by atoms with Gasteiger partial charge < -0.3 is 5.11 Å². The summed E-state index contributed by atoms with van der Waals surface area (Å²) in [4.78, 5) is 10.6.